The molecule has 1 aliphatic rings. The van der Waals surface area contributed by atoms with Crippen molar-refractivity contribution in [2.45, 2.75) is 38.0 Å². The van der Waals surface area contributed by atoms with Gasteiger partial charge in [-0.05, 0) is 62.6 Å². The molecular formula is C14H21NO2. The summed E-state index contributed by atoms with van der Waals surface area (Å²) < 4.78 is 0. The minimum atomic E-state index is 0.229. The highest BCUT2D eigenvalue weighted by atomic mass is 16.3. The summed E-state index contributed by atoms with van der Waals surface area (Å²) in [5.41, 5.74) is 6.31. The van der Waals surface area contributed by atoms with Crippen molar-refractivity contribution in [2.24, 2.45) is 11.7 Å². The number of phenols is 2. The minimum Gasteiger partial charge on any atom is -0.508 e. The second-order valence-electron chi connectivity index (χ2n) is 5.00. The molecule has 1 aromatic carbocycles. The van der Waals surface area contributed by atoms with E-state index in [4.69, 9.17) is 5.73 Å². The van der Waals surface area contributed by atoms with Crippen LogP contribution in [0.25, 0.3) is 0 Å². The molecule has 1 aromatic rings. The van der Waals surface area contributed by atoms with Crippen molar-refractivity contribution in [3.8, 4) is 11.5 Å². The molecule has 94 valence electrons. The second kappa shape index (κ2) is 5.41. The van der Waals surface area contributed by atoms with Gasteiger partial charge < -0.3 is 15.9 Å². The summed E-state index contributed by atoms with van der Waals surface area (Å²) in [5, 5.41) is 19.7. The van der Waals surface area contributed by atoms with Crippen LogP contribution < -0.4 is 5.73 Å². The summed E-state index contributed by atoms with van der Waals surface area (Å²) in [7, 11) is 0. The van der Waals surface area contributed by atoms with Gasteiger partial charge in [-0.1, -0.05) is 6.07 Å². The van der Waals surface area contributed by atoms with E-state index in [9.17, 15) is 10.2 Å². The zero-order chi connectivity index (χ0) is 12.3. The van der Waals surface area contributed by atoms with E-state index in [1.54, 1.807) is 18.2 Å². The minimum absolute atomic E-state index is 0.229. The van der Waals surface area contributed by atoms with Gasteiger partial charge >= 0.3 is 0 Å². The molecule has 0 saturated heterocycles. The van der Waals surface area contributed by atoms with Crippen LogP contribution >= 0.6 is 0 Å². The van der Waals surface area contributed by atoms with Crippen molar-refractivity contribution in [3.63, 3.8) is 0 Å². The van der Waals surface area contributed by atoms with Gasteiger partial charge in [-0.3, -0.25) is 0 Å². The molecule has 0 bridgehead atoms. The average Bonchev–Trinajstić information content (AvgIpc) is 2.31. The van der Waals surface area contributed by atoms with Gasteiger partial charge in [-0.25, -0.2) is 0 Å². The lowest BCUT2D eigenvalue weighted by molar-refractivity contribution is 0.303. The lowest BCUT2D eigenvalue weighted by Crippen LogP contribution is -2.16. The van der Waals surface area contributed by atoms with Crippen LogP contribution in [0.3, 0.4) is 0 Å². The Morgan fingerprint density at radius 2 is 1.65 bits per heavy atom. The fourth-order valence-corrected chi connectivity index (χ4v) is 2.93. The van der Waals surface area contributed by atoms with Crippen LogP contribution in [-0.2, 0) is 0 Å². The lowest BCUT2D eigenvalue weighted by atomic mass is 9.77. The van der Waals surface area contributed by atoms with Gasteiger partial charge in [-0.2, -0.15) is 0 Å². The zero-order valence-electron chi connectivity index (χ0n) is 10.1. The Morgan fingerprint density at radius 1 is 1.06 bits per heavy atom. The third-order valence-corrected chi connectivity index (χ3v) is 3.89. The molecule has 0 amide bonds. The van der Waals surface area contributed by atoms with Crippen molar-refractivity contribution in [1.29, 1.82) is 0 Å². The molecule has 0 aromatic heterocycles. The third kappa shape index (κ3) is 2.72. The monoisotopic (exact) mass is 235 g/mol. The highest BCUT2D eigenvalue weighted by Crippen LogP contribution is 2.43. The van der Waals surface area contributed by atoms with Crippen molar-refractivity contribution in [1.82, 2.24) is 0 Å². The molecule has 1 saturated carbocycles. The van der Waals surface area contributed by atoms with Crippen LogP contribution in [0.1, 0.15) is 43.6 Å². The number of rotatable bonds is 3. The SMILES string of the molecule is NCCC1CCC(c2c(O)cccc2O)CC1. The Bertz CT molecular complexity index is 350. The van der Waals surface area contributed by atoms with Crippen molar-refractivity contribution in [2.75, 3.05) is 6.54 Å². The predicted molar refractivity (Wildman–Crippen MR) is 68.1 cm³/mol. The lowest BCUT2D eigenvalue weighted by Gasteiger charge is -2.29. The number of hydrogen-bond donors (Lipinski definition) is 3. The molecule has 3 nitrogen and oxygen atoms in total. The average molecular weight is 235 g/mol. The number of hydrogen-bond acceptors (Lipinski definition) is 3. The maximum Gasteiger partial charge on any atom is 0.122 e. The quantitative estimate of drug-likeness (QED) is 0.754. The molecule has 4 N–H and O–H groups in total. The summed E-state index contributed by atoms with van der Waals surface area (Å²) in [5.74, 6) is 1.48. The Balaban J connectivity index is 2.05. The Labute approximate surface area is 102 Å². The molecule has 1 aliphatic carbocycles. The maximum absolute atomic E-state index is 9.83. The zero-order valence-corrected chi connectivity index (χ0v) is 10.1. The first kappa shape index (κ1) is 12.2. The fraction of sp³-hybridized carbons (Fsp3) is 0.571. The van der Waals surface area contributed by atoms with Crippen LogP contribution in [-0.4, -0.2) is 16.8 Å². The van der Waals surface area contributed by atoms with Gasteiger partial charge in [0.25, 0.3) is 0 Å². The first-order chi connectivity index (χ1) is 8.22. The van der Waals surface area contributed by atoms with Crippen LogP contribution in [0, 0.1) is 5.92 Å². The molecule has 0 radical (unpaired) electrons. The second-order valence-corrected chi connectivity index (χ2v) is 5.00. The molecule has 0 spiro atoms. The number of phenolic OH excluding ortho intramolecular Hbond substituents is 2. The van der Waals surface area contributed by atoms with Crippen LogP contribution in [0.4, 0.5) is 0 Å². The summed E-state index contributed by atoms with van der Waals surface area (Å²) in [4.78, 5) is 0. The first-order valence-corrected chi connectivity index (χ1v) is 6.43. The molecule has 17 heavy (non-hydrogen) atoms. The van der Waals surface area contributed by atoms with Gasteiger partial charge in [0.15, 0.2) is 0 Å². The number of aromatic hydroxyl groups is 2. The molecule has 3 heteroatoms. The van der Waals surface area contributed by atoms with E-state index in [0.29, 0.717) is 5.92 Å². The van der Waals surface area contributed by atoms with Crippen LogP contribution in [0.15, 0.2) is 18.2 Å². The summed E-state index contributed by atoms with van der Waals surface area (Å²) >= 11 is 0. The largest absolute Gasteiger partial charge is 0.508 e. The van der Waals surface area contributed by atoms with Gasteiger partial charge in [0.05, 0.1) is 0 Å². The molecule has 0 aliphatic heterocycles. The Morgan fingerprint density at radius 3 is 2.18 bits per heavy atom. The molecule has 2 rings (SSSR count). The van der Waals surface area contributed by atoms with E-state index >= 15 is 0 Å². The van der Waals surface area contributed by atoms with E-state index in [2.05, 4.69) is 0 Å². The van der Waals surface area contributed by atoms with Gasteiger partial charge in [-0.15, -0.1) is 0 Å². The molecule has 0 heterocycles. The smallest absolute Gasteiger partial charge is 0.122 e. The normalized spacial score (nSPS) is 24.8. The van der Waals surface area contributed by atoms with E-state index in [-0.39, 0.29) is 11.5 Å². The van der Waals surface area contributed by atoms with E-state index < -0.39 is 0 Å². The van der Waals surface area contributed by atoms with Crippen LogP contribution in [0.5, 0.6) is 11.5 Å². The van der Waals surface area contributed by atoms with E-state index in [0.717, 1.165) is 50.1 Å². The van der Waals surface area contributed by atoms with Gasteiger partial charge in [0, 0.05) is 5.56 Å². The predicted octanol–water partition coefficient (Wildman–Crippen LogP) is 2.72. The maximum atomic E-state index is 9.83. The first-order valence-electron chi connectivity index (χ1n) is 6.43. The topological polar surface area (TPSA) is 66.5 Å². The standard InChI is InChI=1S/C14H21NO2/c15-9-8-10-4-6-11(7-5-10)14-12(16)2-1-3-13(14)17/h1-3,10-11,16-17H,4-9,15H2. The van der Waals surface area contributed by atoms with Crippen LogP contribution in [0.2, 0.25) is 0 Å². The fourth-order valence-electron chi connectivity index (χ4n) is 2.93. The highest BCUT2D eigenvalue weighted by Gasteiger charge is 2.25. The Hall–Kier alpha value is -1.22. The third-order valence-electron chi connectivity index (χ3n) is 3.89. The van der Waals surface area contributed by atoms with E-state index in [1.165, 1.54) is 0 Å². The van der Waals surface area contributed by atoms with E-state index in [1.807, 2.05) is 0 Å². The summed E-state index contributed by atoms with van der Waals surface area (Å²) in [6.45, 7) is 0.761. The molecule has 0 atom stereocenters. The van der Waals surface area contributed by atoms with Gasteiger partial charge in [0.1, 0.15) is 11.5 Å². The highest BCUT2D eigenvalue weighted by molar-refractivity contribution is 5.45. The summed E-state index contributed by atoms with van der Waals surface area (Å²) in [6, 6.07) is 4.98. The number of benzene rings is 1. The molecule has 0 unspecified atom stereocenters. The molecular weight excluding hydrogens is 214 g/mol. The molecule has 1 fully saturated rings. The summed E-state index contributed by atoms with van der Waals surface area (Å²) in [6.07, 6.45) is 5.47. The van der Waals surface area contributed by atoms with Crippen molar-refractivity contribution in [3.05, 3.63) is 23.8 Å². The van der Waals surface area contributed by atoms with Gasteiger partial charge in [0.2, 0.25) is 0 Å². The van der Waals surface area contributed by atoms with Crippen molar-refractivity contribution >= 4 is 0 Å². The van der Waals surface area contributed by atoms with Crippen molar-refractivity contribution < 1.29 is 10.2 Å². The Kier molecular flexibility index (Phi) is 3.89. The number of nitrogens with two attached hydrogens (primary N) is 1.